The Morgan fingerprint density at radius 2 is 2.14 bits per heavy atom. The van der Waals surface area contributed by atoms with Gasteiger partial charge in [0.05, 0.1) is 10.8 Å². The monoisotopic (exact) mass is 297 g/mol. The molecule has 6 heteroatoms. The molecular formula is C8H9BrClNO2S. The number of rotatable bonds is 3. The van der Waals surface area contributed by atoms with Crippen molar-refractivity contribution in [1.82, 2.24) is 0 Å². The normalized spacial score (nSPS) is 11.4. The third kappa shape index (κ3) is 3.15. The van der Waals surface area contributed by atoms with Gasteiger partial charge in [-0.2, -0.15) is 0 Å². The molecule has 0 unspecified atom stereocenters. The van der Waals surface area contributed by atoms with Gasteiger partial charge in [0.2, 0.25) is 10.0 Å². The first-order chi connectivity index (χ1) is 6.44. The molecule has 1 N–H and O–H groups in total. The molecule has 0 atom stereocenters. The van der Waals surface area contributed by atoms with Crippen LogP contribution in [-0.2, 0) is 10.0 Å². The summed E-state index contributed by atoms with van der Waals surface area (Å²) in [4.78, 5) is 0. The van der Waals surface area contributed by atoms with Crippen LogP contribution in [0.2, 0.25) is 5.02 Å². The number of sulfonamides is 1. The molecule has 1 rings (SSSR count). The van der Waals surface area contributed by atoms with Crippen LogP contribution in [0.1, 0.15) is 6.92 Å². The van der Waals surface area contributed by atoms with Crippen molar-refractivity contribution in [2.45, 2.75) is 6.92 Å². The van der Waals surface area contributed by atoms with Gasteiger partial charge in [-0.25, -0.2) is 8.42 Å². The average molecular weight is 299 g/mol. The molecule has 0 spiro atoms. The van der Waals surface area contributed by atoms with Crippen molar-refractivity contribution in [2.24, 2.45) is 0 Å². The second-order valence-corrected chi connectivity index (χ2v) is 5.91. The molecule has 3 nitrogen and oxygen atoms in total. The lowest BCUT2D eigenvalue weighted by Gasteiger charge is -2.06. The van der Waals surface area contributed by atoms with E-state index in [0.717, 1.165) is 0 Å². The van der Waals surface area contributed by atoms with Gasteiger partial charge >= 0.3 is 0 Å². The van der Waals surface area contributed by atoms with Crippen LogP contribution in [0.15, 0.2) is 22.7 Å². The molecule has 78 valence electrons. The van der Waals surface area contributed by atoms with Crippen LogP contribution in [0, 0.1) is 0 Å². The smallest absolute Gasteiger partial charge is 0.232 e. The predicted molar refractivity (Wildman–Crippen MR) is 62.2 cm³/mol. The van der Waals surface area contributed by atoms with Gasteiger partial charge in [-0.15, -0.1) is 0 Å². The third-order valence-electron chi connectivity index (χ3n) is 1.57. The van der Waals surface area contributed by atoms with Crippen molar-refractivity contribution in [3.8, 4) is 0 Å². The number of hydrogen-bond donors (Lipinski definition) is 1. The van der Waals surface area contributed by atoms with Crippen molar-refractivity contribution < 1.29 is 8.42 Å². The topological polar surface area (TPSA) is 46.2 Å². The Kier molecular flexibility index (Phi) is 3.80. The van der Waals surface area contributed by atoms with E-state index in [1.165, 1.54) is 0 Å². The van der Waals surface area contributed by atoms with Gasteiger partial charge < -0.3 is 0 Å². The maximum Gasteiger partial charge on any atom is 0.232 e. The first-order valence-corrected chi connectivity index (χ1v) is 6.72. The molecule has 0 bridgehead atoms. The highest BCUT2D eigenvalue weighted by Gasteiger charge is 2.07. The Morgan fingerprint density at radius 3 is 2.64 bits per heavy atom. The Morgan fingerprint density at radius 1 is 1.50 bits per heavy atom. The number of anilines is 1. The van der Waals surface area contributed by atoms with Gasteiger partial charge in [0.25, 0.3) is 0 Å². The lowest BCUT2D eigenvalue weighted by Crippen LogP contribution is -2.14. The Labute approximate surface area is 96.6 Å². The number of hydrogen-bond acceptors (Lipinski definition) is 2. The van der Waals surface area contributed by atoms with E-state index in [-0.39, 0.29) is 5.75 Å². The van der Waals surface area contributed by atoms with Gasteiger partial charge in [0.15, 0.2) is 0 Å². The minimum atomic E-state index is -3.22. The lowest BCUT2D eigenvalue weighted by atomic mass is 10.3. The molecule has 0 saturated heterocycles. The van der Waals surface area contributed by atoms with Gasteiger partial charge in [0.1, 0.15) is 0 Å². The second-order valence-electron chi connectivity index (χ2n) is 2.63. The van der Waals surface area contributed by atoms with Gasteiger partial charge in [-0.1, -0.05) is 11.6 Å². The summed E-state index contributed by atoms with van der Waals surface area (Å²) in [5.74, 6) is 0.0489. The van der Waals surface area contributed by atoms with E-state index in [4.69, 9.17) is 11.6 Å². The largest absolute Gasteiger partial charge is 0.284 e. The third-order valence-corrected chi connectivity index (χ3v) is 4.09. The second kappa shape index (κ2) is 4.51. The van der Waals surface area contributed by atoms with Crippen LogP contribution in [0.5, 0.6) is 0 Å². The average Bonchev–Trinajstić information content (AvgIpc) is 2.11. The first-order valence-electron chi connectivity index (χ1n) is 3.90. The van der Waals surface area contributed by atoms with Crippen molar-refractivity contribution in [2.75, 3.05) is 10.5 Å². The molecule has 0 aliphatic rings. The van der Waals surface area contributed by atoms with E-state index in [1.54, 1.807) is 25.1 Å². The number of benzene rings is 1. The maximum absolute atomic E-state index is 11.2. The fourth-order valence-electron chi connectivity index (χ4n) is 0.811. The minimum Gasteiger partial charge on any atom is -0.284 e. The van der Waals surface area contributed by atoms with Crippen LogP contribution >= 0.6 is 27.5 Å². The molecular weight excluding hydrogens is 290 g/mol. The van der Waals surface area contributed by atoms with Crippen LogP contribution in [0.25, 0.3) is 0 Å². The highest BCUT2D eigenvalue weighted by atomic mass is 79.9. The summed E-state index contributed by atoms with van der Waals surface area (Å²) >= 11 is 8.97. The van der Waals surface area contributed by atoms with Gasteiger partial charge in [-0.05, 0) is 41.1 Å². The molecule has 14 heavy (non-hydrogen) atoms. The molecule has 0 radical (unpaired) electrons. The molecule has 1 aromatic carbocycles. The molecule has 0 aliphatic heterocycles. The molecule has 0 amide bonds. The molecule has 1 aromatic rings. The maximum atomic E-state index is 11.2. The zero-order valence-corrected chi connectivity index (χ0v) is 10.6. The van der Waals surface area contributed by atoms with E-state index in [0.29, 0.717) is 15.2 Å². The van der Waals surface area contributed by atoms with Gasteiger partial charge in [0, 0.05) is 10.2 Å². The van der Waals surface area contributed by atoms with E-state index < -0.39 is 10.0 Å². The fraction of sp³-hybridized carbons (Fsp3) is 0.250. The minimum absolute atomic E-state index is 0.0489. The summed E-state index contributed by atoms with van der Waals surface area (Å²) in [6, 6.07) is 4.86. The standard InChI is InChI=1S/C8H9BrClNO2S/c1-2-14(12,13)11-6-3-4-8(10)7(9)5-6/h3-5,11H,2H2,1H3. The fourth-order valence-corrected chi connectivity index (χ4v) is 1.94. The summed E-state index contributed by atoms with van der Waals surface area (Å²) in [6.45, 7) is 1.58. The van der Waals surface area contributed by atoms with E-state index >= 15 is 0 Å². The molecule has 0 aliphatic carbocycles. The summed E-state index contributed by atoms with van der Waals surface area (Å²) < 4.78 is 25.5. The summed E-state index contributed by atoms with van der Waals surface area (Å²) in [5, 5.41) is 0.546. The van der Waals surface area contributed by atoms with Crippen LogP contribution in [-0.4, -0.2) is 14.2 Å². The zero-order chi connectivity index (χ0) is 10.8. The lowest BCUT2D eigenvalue weighted by molar-refractivity contribution is 0.602. The van der Waals surface area contributed by atoms with Crippen molar-refractivity contribution in [1.29, 1.82) is 0 Å². The molecule has 0 fully saturated rings. The molecule has 0 aromatic heterocycles. The van der Waals surface area contributed by atoms with Crippen LogP contribution in [0.4, 0.5) is 5.69 Å². The Balaban J connectivity index is 2.94. The first kappa shape index (κ1) is 11.8. The zero-order valence-electron chi connectivity index (χ0n) is 7.42. The van der Waals surface area contributed by atoms with Crippen molar-refractivity contribution in [3.05, 3.63) is 27.7 Å². The number of nitrogens with one attached hydrogen (secondary N) is 1. The van der Waals surface area contributed by atoms with E-state index in [2.05, 4.69) is 20.7 Å². The molecule has 0 heterocycles. The summed E-state index contributed by atoms with van der Waals surface area (Å²) in [7, 11) is -3.22. The Bertz CT molecular complexity index is 433. The molecule has 0 saturated carbocycles. The highest BCUT2D eigenvalue weighted by Crippen LogP contribution is 2.25. The van der Waals surface area contributed by atoms with E-state index in [9.17, 15) is 8.42 Å². The summed E-state index contributed by atoms with van der Waals surface area (Å²) in [6.07, 6.45) is 0. The van der Waals surface area contributed by atoms with Gasteiger partial charge in [-0.3, -0.25) is 4.72 Å². The van der Waals surface area contributed by atoms with Crippen molar-refractivity contribution >= 4 is 43.2 Å². The van der Waals surface area contributed by atoms with E-state index in [1.807, 2.05) is 0 Å². The van der Waals surface area contributed by atoms with Crippen molar-refractivity contribution in [3.63, 3.8) is 0 Å². The predicted octanol–water partition coefficient (Wildman–Crippen LogP) is 2.86. The summed E-state index contributed by atoms with van der Waals surface area (Å²) in [5.41, 5.74) is 0.503. The van der Waals surface area contributed by atoms with Crippen LogP contribution < -0.4 is 4.72 Å². The Hall–Kier alpha value is -0.260. The SMILES string of the molecule is CCS(=O)(=O)Nc1ccc(Cl)c(Br)c1. The highest BCUT2D eigenvalue weighted by molar-refractivity contribution is 9.10. The number of halogens is 2. The van der Waals surface area contributed by atoms with Crippen LogP contribution in [0.3, 0.4) is 0 Å². The quantitative estimate of drug-likeness (QED) is 0.932.